The first-order valence-electron chi connectivity index (χ1n) is 8.48. The van der Waals surface area contributed by atoms with E-state index in [1.807, 2.05) is 6.20 Å². The Bertz CT molecular complexity index is 366. The third-order valence-corrected chi connectivity index (χ3v) is 4.39. The first kappa shape index (κ1) is 15.5. The average Bonchev–Trinajstić information content (AvgIpc) is 2.75. The Morgan fingerprint density at radius 3 is 2.60 bits per heavy atom. The molecular formula is C16H30N4. The molecule has 0 spiro atoms. The van der Waals surface area contributed by atoms with Crippen LogP contribution in [0.3, 0.4) is 0 Å². The lowest BCUT2D eigenvalue weighted by atomic mass is 9.89. The van der Waals surface area contributed by atoms with Gasteiger partial charge in [0.2, 0.25) is 0 Å². The van der Waals surface area contributed by atoms with E-state index in [1.165, 1.54) is 50.6 Å². The van der Waals surface area contributed by atoms with E-state index in [-0.39, 0.29) is 0 Å². The molecule has 1 fully saturated rings. The Balaban J connectivity index is 2.14. The Kier molecular flexibility index (Phi) is 6.51. The van der Waals surface area contributed by atoms with Gasteiger partial charge in [0.1, 0.15) is 0 Å². The highest BCUT2D eigenvalue weighted by atomic mass is 15.4. The average molecular weight is 278 g/mol. The fraction of sp³-hybridized carbons (Fsp3) is 0.875. The first-order chi connectivity index (χ1) is 9.86. The molecule has 0 radical (unpaired) electrons. The van der Waals surface area contributed by atoms with E-state index >= 15 is 0 Å². The van der Waals surface area contributed by atoms with Crippen molar-refractivity contribution in [2.24, 2.45) is 5.92 Å². The second kappa shape index (κ2) is 8.40. The van der Waals surface area contributed by atoms with Crippen LogP contribution in [0.4, 0.5) is 0 Å². The second-order valence-corrected chi connectivity index (χ2v) is 6.07. The van der Waals surface area contributed by atoms with E-state index in [4.69, 9.17) is 0 Å². The number of aryl methyl sites for hydroxylation is 1. The molecule has 1 aromatic heterocycles. The second-order valence-electron chi connectivity index (χ2n) is 6.07. The highest BCUT2D eigenvalue weighted by Gasteiger charge is 2.26. The molecule has 0 aromatic carbocycles. The Morgan fingerprint density at radius 1 is 1.20 bits per heavy atom. The van der Waals surface area contributed by atoms with E-state index in [9.17, 15) is 0 Å². The largest absolute Gasteiger partial charge is 0.308 e. The van der Waals surface area contributed by atoms with Crippen LogP contribution in [-0.2, 0) is 6.54 Å². The highest BCUT2D eigenvalue weighted by Crippen LogP contribution is 2.33. The van der Waals surface area contributed by atoms with Crippen molar-refractivity contribution in [3.8, 4) is 0 Å². The maximum Gasteiger partial charge on any atom is 0.0759 e. The molecule has 4 heteroatoms. The van der Waals surface area contributed by atoms with E-state index in [0.29, 0.717) is 6.04 Å². The molecule has 1 aliphatic rings. The molecular weight excluding hydrogens is 248 g/mol. The highest BCUT2D eigenvalue weighted by molar-refractivity contribution is 5.05. The lowest BCUT2D eigenvalue weighted by Gasteiger charge is -2.27. The molecule has 1 aromatic rings. The van der Waals surface area contributed by atoms with Crippen LogP contribution in [0.25, 0.3) is 0 Å². The molecule has 1 aliphatic carbocycles. The van der Waals surface area contributed by atoms with Crippen LogP contribution in [0.15, 0.2) is 6.20 Å². The lowest BCUT2D eigenvalue weighted by molar-refractivity contribution is 0.308. The summed E-state index contributed by atoms with van der Waals surface area (Å²) in [6, 6.07) is 0.439. The maximum atomic E-state index is 4.28. The monoisotopic (exact) mass is 278 g/mol. The summed E-state index contributed by atoms with van der Waals surface area (Å²) in [7, 11) is 0. The summed E-state index contributed by atoms with van der Waals surface area (Å²) in [6.07, 6.45) is 12.5. The Morgan fingerprint density at radius 2 is 1.95 bits per heavy atom. The molecule has 0 saturated heterocycles. The molecule has 1 atom stereocenters. The van der Waals surface area contributed by atoms with Crippen LogP contribution in [0.1, 0.15) is 76.9 Å². The zero-order valence-electron chi connectivity index (χ0n) is 13.1. The predicted molar refractivity (Wildman–Crippen MR) is 82.5 cm³/mol. The SMILES string of the molecule is CCCNC(c1cnnn1CCC)C1CCCCCC1. The van der Waals surface area contributed by atoms with Crippen LogP contribution in [0.5, 0.6) is 0 Å². The normalized spacial score (nSPS) is 18.9. The smallest absolute Gasteiger partial charge is 0.0759 e. The van der Waals surface area contributed by atoms with Crippen molar-refractivity contribution in [2.75, 3.05) is 6.54 Å². The van der Waals surface area contributed by atoms with Gasteiger partial charge in [-0.3, -0.25) is 0 Å². The minimum atomic E-state index is 0.439. The quantitative estimate of drug-likeness (QED) is 0.773. The van der Waals surface area contributed by atoms with Crippen LogP contribution < -0.4 is 5.32 Å². The van der Waals surface area contributed by atoms with Crippen molar-refractivity contribution in [3.63, 3.8) is 0 Å². The summed E-state index contributed by atoms with van der Waals surface area (Å²) in [5.41, 5.74) is 1.30. The molecule has 20 heavy (non-hydrogen) atoms. The number of hydrogen-bond acceptors (Lipinski definition) is 3. The van der Waals surface area contributed by atoms with Crippen LogP contribution in [0, 0.1) is 5.92 Å². The zero-order chi connectivity index (χ0) is 14.2. The van der Waals surface area contributed by atoms with Crippen molar-refractivity contribution in [2.45, 2.75) is 77.8 Å². The molecule has 4 nitrogen and oxygen atoms in total. The molecule has 114 valence electrons. The predicted octanol–water partition coefficient (Wildman–Crippen LogP) is 3.70. The minimum Gasteiger partial charge on any atom is -0.308 e. The van der Waals surface area contributed by atoms with Gasteiger partial charge in [-0.05, 0) is 38.1 Å². The van der Waals surface area contributed by atoms with E-state index in [0.717, 1.165) is 25.4 Å². The van der Waals surface area contributed by atoms with E-state index in [2.05, 4.69) is 34.2 Å². The van der Waals surface area contributed by atoms with E-state index in [1.54, 1.807) is 0 Å². The van der Waals surface area contributed by atoms with Gasteiger partial charge in [0.15, 0.2) is 0 Å². The molecule has 2 rings (SSSR count). The molecule has 1 heterocycles. The Labute approximate surface area is 123 Å². The summed E-state index contributed by atoms with van der Waals surface area (Å²) in [6.45, 7) is 6.50. The van der Waals surface area contributed by atoms with Gasteiger partial charge in [0.25, 0.3) is 0 Å². The summed E-state index contributed by atoms with van der Waals surface area (Å²) in [5.74, 6) is 0.748. The van der Waals surface area contributed by atoms with Crippen molar-refractivity contribution in [1.29, 1.82) is 0 Å². The van der Waals surface area contributed by atoms with Crippen molar-refractivity contribution >= 4 is 0 Å². The molecule has 0 bridgehead atoms. The van der Waals surface area contributed by atoms with Crippen molar-refractivity contribution in [3.05, 3.63) is 11.9 Å². The van der Waals surface area contributed by atoms with Gasteiger partial charge in [0, 0.05) is 6.54 Å². The first-order valence-corrected chi connectivity index (χ1v) is 8.48. The summed E-state index contributed by atoms with van der Waals surface area (Å²) >= 11 is 0. The van der Waals surface area contributed by atoms with Gasteiger partial charge < -0.3 is 5.32 Å². The van der Waals surface area contributed by atoms with Gasteiger partial charge in [0.05, 0.1) is 17.9 Å². The lowest BCUT2D eigenvalue weighted by Crippen LogP contribution is -2.31. The number of nitrogens with one attached hydrogen (secondary N) is 1. The third kappa shape index (κ3) is 4.05. The summed E-state index contributed by atoms with van der Waals surface area (Å²) < 4.78 is 2.11. The van der Waals surface area contributed by atoms with Crippen molar-refractivity contribution in [1.82, 2.24) is 20.3 Å². The van der Waals surface area contributed by atoms with Gasteiger partial charge in [-0.25, -0.2) is 4.68 Å². The molecule has 1 N–H and O–H groups in total. The topological polar surface area (TPSA) is 42.7 Å². The fourth-order valence-electron chi connectivity index (χ4n) is 3.35. The van der Waals surface area contributed by atoms with Gasteiger partial charge >= 0.3 is 0 Å². The maximum absolute atomic E-state index is 4.28. The van der Waals surface area contributed by atoms with Crippen molar-refractivity contribution < 1.29 is 0 Å². The number of rotatable bonds is 7. The van der Waals surface area contributed by atoms with Crippen LogP contribution in [0.2, 0.25) is 0 Å². The van der Waals surface area contributed by atoms with Gasteiger partial charge in [-0.15, -0.1) is 5.10 Å². The van der Waals surface area contributed by atoms with E-state index < -0.39 is 0 Å². The fourth-order valence-corrected chi connectivity index (χ4v) is 3.35. The third-order valence-electron chi connectivity index (χ3n) is 4.39. The summed E-state index contributed by atoms with van der Waals surface area (Å²) in [4.78, 5) is 0. The van der Waals surface area contributed by atoms with Crippen LogP contribution in [-0.4, -0.2) is 21.5 Å². The number of aromatic nitrogens is 3. The standard InChI is InChI=1S/C16H30N4/c1-3-11-17-16(14-9-7-5-6-8-10-14)15-13-18-19-20(15)12-4-2/h13-14,16-17H,3-12H2,1-2H3. The molecule has 0 amide bonds. The Hall–Kier alpha value is -0.900. The van der Waals surface area contributed by atoms with Crippen LogP contribution >= 0.6 is 0 Å². The summed E-state index contributed by atoms with van der Waals surface area (Å²) in [5, 5.41) is 12.2. The molecule has 1 saturated carbocycles. The minimum absolute atomic E-state index is 0.439. The number of nitrogens with zero attached hydrogens (tertiary/aromatic N) is 3. The molecule has 0 aliphatic heterocycles. The molecule has 1 unspecified atom stereocenters. The van der Waals surface area contributed by atoms with Gasteiger partial charge in [-0.2, -0.15) is 0 Å². The number of hydrogen-bond donors (Lipinski definition) is 1. The van der Waals surface area contributed by atoms with Gasteiger partial charge in [-0.1, -0.05) is 44.7 Å². The zero-order valence-corrected chi connectivity index (χ0v) is 13.1.